The predicted octanol–water partition coefficient (Wildman–Crippen LogP) is 1.51. The second-order valence-electron chi connectivity index (χ2n) is 4.84. The summed E-state index contributed by atoms with van der Waals surface area (Å²) in [4.78, 5) is 33.0. The van der Waals surface area contributed by atoms with E-state index in [1.165, 1.54) is 13.2 Å². The maximum atomic E-state index is 12.0. The Morgan fingerprint density at radius 2 is 2.24 bits per heavy atom. The topological polar surface area (TPSA) is 87.2 Å². The van der Waals surface area contributed by atoms with Gasteiger partial charge < -0.3 is 10.6 Å². The highest BCUT2D eigenvalue weighted by molar-refractivity contribution is 6.32. The smallest absolute Gasteiger partial charge is 0.251 e. The van der Waals surface area contributed by atoms with Gasteiger partial charge in [0.1, 0.15) is 11.1 Å². The molecule has 1 fully saturated rings. The summed E-state index contributed by atoms with van der Waals surface area (Å²) in [5.74, 6) is 0.406. The molecule has 2 heterocycles. The zero-order chi connectivity index (χ0) is 15.4. The molecule has 1 aliphatic rings. The largest absolute Gasteiger partial charge is 0.357 e. The summed E-state index contributed by atoms with van der Waals surface area (Å²) in [6.07, 6.45) is 3.18. The average molecular weight is 312 g/mol. The van der Waals surface area contributed by atoms with E-state index in [-0.39, 0.29) is 11.8 Å². The van der Waals surface area contributed by atoms with Crippen molar-refractivity contribution in [2.75, 3.05) is 24.2 Å². The van der Waals surface area contributed by atoms with Gasteiger partial charge >= 0.3 is 0 Å². The Hall–Kier alpha value is -1.89. The van der Waals surface area contributed by atoms with Gasteiger partial charge in [-0.05, 0) is 12.8 Å². The monoisotopic (exact) mass is 311 g/mol. The van der Waals surface area contributed by atoms with E-state index < -0.39 is 6.04 Å². The fourth-order valence-corrected chi connectivity index (χ4v) is 2.15. The van der Waals surface area contributed by atoms with Crippen LogP contribution in [0.3, 0.4) is 0 Å². The number of likely N-dealkylation sites (N-methyl/N-ethyl adjacent to an activating group) is 1. The third-order valence-corrected chi connectivity index (χ3v) is 3.51. The highest BCUT2D eigenvalue weighted by Crippen LogP contribution is 2.23. The van der Waals surface area contributed by atoms with Gasteiger partial charge in [0, 0.05) is 20.0 Å². The van der Waals surface area contributed by atoms with Crippen LogP contribution in [0, 0.1) is 0 Å². The number of hydrogen-bond acceptors (Lipinski definition) is 6. The molecule has 114 valence electrons. The molecule has 1 aromatic rings. The summed E-state index contributed by atoms with van der Waals surface area (Å²) in [6.45, 7) is 2.79. The highest BCUT2D eigenvalue weighted by Gasteiger charge is 2.32. The summed E-state index contributed by atoms with van der Waals surface area (Å²) >= 11 is 6.06. The van der Waals surface area contributed by atoms with E-state index in [9.17, 15) is 9.59 Å². The van der Waals surface area contributed by atoms with E-state index in [0.717, 1.165) is 17.9 Å². The minimum Gasteiger partial charge on any atom is -0.357 e. The number of anilines is 2. The Labute approximate surface area is 128 Å². The van der Waals surface area contributed by atoms with E-state index in [4.69, 9.17) is 11.6 Å². The molecular weight excluding hydrogens is 294 g/mol. The Bertz CT molecular complexity index is 551. The first kappa shape index (κ1) is 15.5. The summed E-state index contributed by atoms with van der Waals surface area (Å²) in [5.41, 5.74) is 0. The molecular formula is C13H18ClN5O2. The van der Waals surface area contributed by atoms with Crippen molar-refractivity contribution < 1.29 is 9.59 Å². The van der Waals surface area contributed by atoms with Gasteiger partial charge in [0.05, 0.1) is 6.20 Å². The Balaban J connectivity index is 2.11. The maximum Gasteiger partial charge on any atom is 0.251 e. The number of likely N-dealkylation sites (tertiary alicyclic amines) is 1. The highest BCUT2D eigenvalue weighted by atomic mass is 35.5. The van der Waals surface area contributed by atoms with Crippen molar-refractivity contribution in [3.05, 3.63) is 11.2 Å². The third-order valence-electron chi connectivity index (χ3n) is 3.24. The normalized spacial score (nSPS) is 18.8. The molecule has 21 heavy (non-hydrogen) atoms. The van der Waals surface area contributed by atoms with Crippen LogP contribution in [0.5, 0.6) is 0 Å². The summed E-state index contributed by atoms with van der Waals surface area (Å²) in [6, 6.07) is -0.501. The number of piperidine rings is 1. The van der Waals surface area contributed by atoms with Gasteiger partial charge in [0.15, 0.2) is 5.82 Å². The minimum atomic E-state index is -0.501. The standard InChI is InChI=1S/C13H18ClN5O2/c1-3-6-15-13-16-7-8(14)11(18-13)17-9-4-5-10(20)19(2)12(9)21/h7,9H,3-6H2,1-2H3,(H2,15,16,17,18). The van der Waals surface area contributed by atoms with Crippen LogP contribution in [0.15, 0.2) is 6.20 Å². The van der Waals surface area contributed by atoms with Gasteiger partial charge in [0.2, 0.25) is 11.9 Å². The lowest BCUT2D eigenvalue weighted by molar-refractivity contribution is -0.146. The number of amides is 2. The van der Waals surface area contributed by atoms with Crippen molar-refractivity contribution in [3.63, 3.8) is 0 Å². The molecule has 2 N–H and O–H groups in total. The van der Waals surface area contributed by atoms with Crippen LogP contribution in [0.1, 0.15) is 26.2 Å². The molecule has 2 rings (SSSR count). The minimum absolute atomic E-state index is 0.169. The lowest BCUT2D eigenvalue weighted by atomic mass is 10.0. The van der Waals surface area contributed by atoms with Crippen LogP contribution in [-0.4, -0.2) is 46.3 Å². The molecule has 8 heteroatoms. The van der Waals surface area contributed by atoms with Crippen molar-refractivity contribution in [3.8, 4) is 0 Å². The second kappa shape index (κ2) is 6.71. The second-order valence-corrected chi connectivity index (χ2v) is 5.25. The Kier molecular flexibility index (Phi) is 4.95. The van der Waals surface area contributed by atoms with Gasteiger partial charge in [-0.2, -0.15) is 4.98 Å². The molecule has 1 saturated heterocycles. The lowest BCUT2D eigenvalue weighted by Crippen LogP contribution is -2.48. The van der Waals surface area contributed by atoms with Crippen molar-refractivity contribution in [1.29, 1.82) is 0 Å². The van der Waals surface area contributed by atoms with E-state index >= 15 is 0 Å². The van der Waals surface area contributed by atoms with Gasteiger partial charge in [0.25, 0.3) is 5.91 Å². The van der Waals surface area contributed by atoms with E-state index in [2.05, 4.69) is 20.6 Å². The van der Waals surface area contributed by atoms with E-state index in [1.54, 1.807) is 0 Å². The molecule has 0 aromatic carbocycles. The number of aromatic nitrogens is 2. The summed E-state index contributed by atoms with van der Waals surface area (Å²) < 4.78 is 0. The predicted molar refractivity (Wildman–Crippen MR) is 80.2 cm³/mol. The number of imide groups is 1. The molecule has 1 aromatic heterocycles. The zero-order valence-corrected chi connectivity index (χ0v) is 12.8. The van der Waals surface area contributed by atoms with E-state index in [0.29, 0.717) is 29.6 Å². The zero-order valence-electron chi connectivity index (χ0n) is 12.0. The first-order valence-electron chi connectivity index (χ1n) is 6.86. The van der Waals surface area contributed by atoms with Crippen LogP contribution in [-0.2, 0) is 9.59 Å². The fraction of sp³-hybridized carbons (Fsp3) is 0.538. The van der Waals surface area contributed by atoms with Gasteiger partial charge in [-0.15, -0.1) is 0 Å². The molecule has 0 spiro atoms. The van der Waals surface area contributed by atoms with Gasteiger partial charge in [-0.1, -0.05) is 18.5 Å². The van der Waals surface area contributed by atoms with Crippen LogP contribution < -0.4 is 10.6 Å². The lowest BCUT2D eigenvalue weighted by Gasteiger charge is -2.28. The molecule has 1 atom stereocenters. The van der Waals surface area contributed by atoms with E-state index in [1.807, 2.05) is 6.92 Å². The van der Waals surface area contributed by atoms with Crippen LogP contribution >= 0.6 is 11.6 Å². The molecule has 2 amide bonds. The van der Waals surface area contributed by atoms with Crippen LogP contribution in [0.2, 0.25) is 5.02 Å². The van der Waals surface area contributed by atoms with Crippen LogP contribution in [0.25, 0.3) is 0 Å². The number of nitrogens with one attached hydrogen (secondary N) is 2. The van der Waals surface area contributed by atoms with Crippen molar-refractivity contribution in [2.24, 2.45) is 0 Å². The number of halogens is 1. The van der Waals surface area contributed by atoms with Gasteiger partial charge in [-0.3, -0.25) is 14.5 Å². The molecule has 1 aliphatic heterocycles. The Morgan fingerprint density at radius 1 is 1.48 bits per heavy atom. The molecule has 0 radical (unpaired) electrons. The van der Waals surface area contributed by atoms with Crippen LogP contribution in [0.4, 0.5) is 11.8 Å². The molecule has 7 nitrogen and oxygen atoms in total. The number of nitrogens with zero attached hydrogens (tertiary/aromatic N) is 3. The number of rotatable bonds is 5. The molecule has 1 unspecified atom stereocenters. The number of carbonyl (C=O) groups is 2. The first-order chi connectivity index (χ1) is 10.0. The van der Waals surface area contributed by atoms with Crippen molar-refractivity contribution >= 4 is 35.2 Å². The summed E-state index contributed by atoms with van der Waals surface area (Å²) in [7, 11) is 1.48. The molecule has 0 saturated carbocycles. The van der Waals surface area contributed by atoms with Crippen molar-refractivity contribution in [1.82, 2.24) is 14.9 Å². The third kappa shape index (κ3) is 3.60. The number of carbonyl (C=O) groups excluding carboxylic acids is 2. The first-order valence-corrected chi connectivity index (χ1v) is 7.24. The maximum absolute atomic E-state index is 12.0. The average Bonchev–Trinajstić information content (AvgIpc) is 2.48. The SMILES string of the molecule is CCCNc1ncc(Cl)c(NC2CCC(=O)N(C)C2=O)n1. The van der Waals surface area contributed by atoms with Crippen molar-refractivity contribution in [2.45, 2.75) is 32.2 Å². The quantitative estimate of drug-likeness (QED) is 0.802. The molecule has 0 aliphatic carbocycles. The Morgan fingerprint density at radius 3 is 2.95 bits per heavy atom. The molecule has 0 bridgehead atoms. The number of hydrogen-bond donors (Lipinski definition) is 2. The van der Waals surface area contributed by atoms with Gasteiger partial charge in [-0.25, -0.2) is 4.98 Å². The summed E-state index contributed by atoms with van der Waals surface area (Å²) in [5, 5.41) is 6.39. The fourth-order valence-electron chi connectivity index (χ4n) is 2.00.